The molecule has 0 atom stereocenters. The molecule has 0 radical (unpaired) electrons. The van der Waals surface area contributed by atoms with Crippen molar-refractivity contribution in [2.75, 3.05) is 18.1 Å². The molecule has 0 bridgehead atoms. The molecule has 0 spiro atoms. The minimum Gasteiger partial charge on any atom is -0.487 e. The Kier molecular flexibility index (Phi) is 5.30. The molecule has 8 heteroatoms. The topological polar surface area (TPSA) is 89.3 Å². The number of rotatable bonds is 4. The quantitative estimate of drug-likeness (QED) is 0.745. The summed E-state index contributed by atoms with van der Waals surface area (Å²) in [4.78, 5) is 15.3. The van der Waals surface area contributed by atoms with Gasteiger partial charge < -0.3 is 15.8 Å². The number of carbonyl (C=O) groups excluding carboxylic acids is 1. The van der Waals surface area contributed by atoms with Crippen LogP contribution >= 0.6 is 23.2 Å². The summed E-state index contributed by atoms with van der Waals surface area (Å²) in [5.41, 5.74) is 6.85. The fraction of sp³-hybridized carbons (Fsp3) is 0.143. The minimum atomic E-state index is -0.348. The molecule has 2 amide bonds. The molecule has 0 aliphatic heterocycles. The third-order valence-electron chi connectivity index (χ3n) is 2.76. The molecule has 2 rings (SSSR count). The molecule has 0 fully saturated rings. The van der Waals surface area contributed by atoms with E-state index in [1.54, 1.807) is 30.5 Å². The SMILES string of the molecule is CNC(=O)Nc1cc(COc2ccc(N)c(Cl)c2Cl)ccn1. The summed E-state index contributed by atoms with van der Waals surface area (Å²) in [6.45, 7) is 0.241. The molecule has 22 heavy (non-hydrogen) atoms. The molecule has 0 aliphatic rings. The van der Waals surface area contributed by atoms with Crippen LogP contribution in [0.2, 0.25) is 10.0 Å². The van der Waals surface area contributed by atoms with Crippen LogP contribution in [0.1, 0.15) is 5.56 Å². The van der Waals surface area contributed by atoms with Crippen molar-refractivity contribution in [2.24, 2.45) is 0 Å². The van der Waals surface area contributed by atoms with Crippen LogP contribution in [-0.4, -0.2) is 18.1 Å². The fourth-order valence-corrected chi connectivity index (χ4v) is 2.01. The molecule has 0 aliphatic carbocycles. The molecule has 1 aromatic carbocycles. The summed E-state index contributed by atoms with van der Waals surface area (Å²) in [7, 11) is 1.52. The zero-order valence-corrected chi connectivity index (χ0v) is 13.2. The number of aromatic nitrogens is 1. The lowest BCUT2D eigenvalue weighted by Crippen LogP contribution is -2.25. The number of ether oxygens (including phenoxy) is 1. The van der Waals surface area contributed by atoms with Crippen molar-refractivity contribution in [3.63, 3.8) is 0 Å². The van der Waals surface area contributed by atoms with E-state index >= 15 is 0 Å². The summed E-state index contributed by atoms with van der Waals surface area (Å²) in [6.07, 6.45) is 1.57. The molecule has 2 aromatic rings. The molecular weight excluding hydrogens is 327 g/mol. The third kappa shape index (κ3) is 3.93. The van der Waals surface area contributed by atoms with Gasteiger partial charge in [-0.05, 0) is 29.8 Å². The van der Waals surface area contributed by atoms with Gasteiger partial charge in [0.2, 0.25) is 0 Å². The van der Waals surface area contributed by atoms with Crippen LogP contribution < -0.4 is 21.1 Å². The Balaban J connectivity index is 2.07. The Labute approximate surface area is 137 Å². The maximum Gasteiger partial charge on any atom is 0.320 e. The molecule has 0 saturated carbocycles. The van der Waals surface area contributed by atoms with Crippen LogP contribution in [0, 0.1) is 0 Å². The van der Waals surface area contributed by atoms with Crippen molar-refractivity contribution in [3.8, 4) is 5.75 Å². The summed E-state index contributed by atoms with van der Waals surface area (Å²) in [5, 5.41) is 5.55. The summed E-state index contributed by atoms with van der Waals surface area (Å²) in [6, 6.07) is 6.38. The first-order valence-corrected chi connectivity index (χ1v) is 7.06. The van der Waals surface area contributed by atoms with E-state index in [2.05, 4.69) is 15.6 Å². The summed E-state index contributed by atoms with van der Waals surface area (Å²) >= 11 is 12.0. The number of carbonyl (C=O) groups is 1. The van der Waals surface area contributed by atoms with E-state index in [0.29, 0.717) is 17.3 Å². The van der Waals surface area contributed by atoms with Gasteiger partial charge in [-0.15, -0.1) is 0 Å². The van der Waals surface area contributed by atoms with Gasteiger partial charge in [0.1, 0.15) is 23.2 Å². The van der Waals surface area contributed by atoms with E-state index in [0.717, 1.165) is 5.56 Å². The lowest BCUT2D eigenvalue weighted by molar-refractivity contribution is 0.254. The van der Waals surface area contributed by atoms with Crippen molar-refractivity contribution >= 4 is 40.7 Å². The second-order valence-electron chi connectivity index (χ2n) is 4.32. The number of hydrogen-bond donors (Lipinski definition) is 3. The van der Waals surface area contributed by atoms with Crippen molar-refractivity contribution in [1.29, 1.82) is 0 Å². The van der Waals surface area contributed by atoms with Crippen molar-refractivity contribution in [1.82, 2.24) is 10.3 Å². The number of benzene rings is 1. The predicted molar refractivity (Wildman–Crippen MR) is 87.5 cm³/mol. The van der Waals surface area contributed by atoms with Gasteiger partial charge in [0.15, 0.2) is 0 Å². The number of amides is 2. The van der Waals surface area contributed by atoms with Gasteiger partial charge >= 0.3 is 6.03 Å². The van der Waals surface area contributed by atoms with E-state index in [-0.39, 0.29) is 22.7 Å². The Hall–Kier alpha value is -2.18. The number of urea groups is 1. The van der Waals surface area contributed by atoms with Crippen molar-refractivity contribution in [3.05, 3.63) is 46.1 Å². The second-order valence-corrected chi connectivity index (χ2v) is 5.08. The van der Waals surface area contributed by atoms with E-state index < -0.39 is 0 Å². The number of nitrogens with zero attached hydrogens (tertiary/aromatic N) is 1. The maximum absolute atomic E-state index is 11.2. The molecule has 116 valence electrons. The van der Waals surface area contributed by atoms with Crippen LogP contribution in [0.25, 0.3) is 0 Å². The molecule has 6 nitrogen and oxygen atoms in total. The number of nitrogens with two attached hydrogens (primary N) is 1. The third-order valence-corrected chi connectivity index (χ3v) is 3.64. The number of nitrogen functional groups attached to an aromatic ring is 1. The van der Waals surface area contributed by atoms with Crippen LogP contribution in [0.4, 0.5) is 16.3 Å². The smallest absolute Gasteiger partial charge is 0.320 e. The first-order valence-electron chi connectivity index (χ1n) is 6.31. The lowest BCUT2D eigenvalue weighted by atomic mass is 10.2. The molecule has 1 aromatic heterocycles. The highest BCUT2D eigenvalue weighted by molar-refractivity contribution is 6.44. The maximum atomic E-state index is 11.2. The van der Waals surface area contributed by atoms with Crippen LogP contribution in [0.5, 0.6) is 5.75 Å². The summed E-state index contributed by atoms with van der Waals surface area (Å²) in [5.74, 6) is 0.848. The monoisotopic (exact) mass is 340 g/mol. The Morgan fingerprint density at radius 3 is 2.82 bits per heavy atom. The normalized spacial score (nSPS) is 10.1. The van der Waals surface area contributed by atoms with Crippen molar-refractivity contribution < 1.29 is 9.53 Å². The highest BCUT2D eigenvalue weighted by Crippen LogP contribution is 2.36. The minimum absolute atomic E-state index is 0.241. The number of anilines is 2. The highest BCUT2D eigenvalue weighted by Gasteiger charge is 2.09. The van der Waals surface area contributed by atoms with E-state index in [4.69, 9.17) is 33.7 Å². The number of pyridine rings is 1. The number of hydrogen-bond acceptors (Lipinski definition) is 4. The van der Waals surface area contributed by atoms with Crippen LogP contribution in [0.15, 0.2) is 30.5 Å². The van der Waals surface area contributed by atoms with E-state index in [1.165, 1.54) is 7.05 Å². The van der Waals surface area contributed by atoms with Crippen molar-refractivity contribution in [2.45, 2.75) is 6.61 Å². The second kappa shape index (κ2) is 7.20. The van der Waals surface area contributed by atoms with Gasteiger partial charge in [0.05, 0.1) is 10.7 Å². The average molecular weight is 341 g/mol. The lowest BCUT2D eigenvalue weighted by Gasteiger charge is -2.11. The molecule has 4 N–H and O–H groups in total. The van der Waals surface area contributed by atoms with Gasteiger partial charge in [-0.1, -0.05) is 23.2 Å². The average Bonchev–Trinajstić information content (AvgIpc) is 2.52. The Morgan fingerprint density at radius 2 is 2.09 bits per heavy atom. The zero-order chi connectivity index (χ0) is 16.1. The summed E-state index contributed by atoms with van der Waals surface area (Å²) < 4.78 is 5.62. The Morgan fingerprint density at radius 1 is 1.32 bits per heavy atom. The largest absolute Gasteiger partial charge is 0.487 e. The first-order chi connectivity index (χ1) is 10.5. The standard InChI is InChI=1S/C14H14Cl2N4O2/c1-18-14(21)20-11-6-8(4-5-19-11)7-22-10-3-2-9(17)12(15)13(10)16/h2-6H,7,17H2,1H3,(H2,18,19,20,21). The van der Waals surface area contributed by atoms with Gasteiger partial charge in [-0.25, -0.2) is 9.78 Å². The van der Waals surface area contributed by atoms with Gasteiger partial charge in [0, 0.05) is 13.2 Å². The van der Waals surface area contributed by atoms with Gasteiger partial charge in [-0.3, -0.25) is 5.32 Å². The van der Waals surface area contributed by atoms with Gasteiger partial charge in [-0.2, -0.15) is 0 Å². The molecule has 0 saturated heterocycles. The Bertz CT molecular complexity index is 695. The molecule has 0 unspecified atom stereocenters. The number of nitrogens with one attached hydrogen (secondary N) is 2. The highest BCUT2D eigenvalue weighted by atomic mass is 35.5. The first kappa shape index (κ1) is 16.2. The van der Waals surface area contributed by atoms with Crippen LogP contribution in [0.3, 0.4) is 0 Å². The zero-order valence-electron chi connectivity index (χ0n) is 11.7. The van der Waals surface area contributed by atoms with E-state index in [1.807, 2.05) is 0 Å². The molecular formula is C14H14Cl2N4O2. The van der Waals surface area contributed by atoms with Crippen LogP contribution in [-0.2, 0) is 6.61 Å². The van der Waals surface area contributed by atoms with Gasteiger partial charge in [0.25, 0.3) is 0 Å². The molecule has 1 heterocycles. The fourth-order valence-electron chi connectivity index (χ4n) is 1.63. The predicted octanol–water partition coefficient (Wildman–Crippen LogP) is 3.30. The number of halogens is 2. The van der Waals surface area contributed by atoms with E-state index in [9.17, 15) is 4.79 Å².